The molecule has 0 bridgehead atoms. The molecule has 3 nitrogen and oxygen atoms in total. The maximum absolute atomic E-state index is 12.9. The van der Waals surface area contributed by atoms with Gasteiger partial charge in [0.1, 0.15) is 17.6 Å². The Labute approximate surface area is 113 Å². The number of nitrogens with zero attached hydrogens (tertiary/aromatic N) is 1. The third-order valence-electron chi connectivity index (χ3n) is 2.46. The second-order valence-electron chi connectivity index (χ2n) is 3.69. The van der Waals surface area contributed by atoms with Crippen molar-refractivity contribution in [3.8, 4) is 17.4 Å². The van der Waals surface area contributed by atoms with Gasteiger partial charge in [0.25, 0.3) is 0 Å². The van der Waals surface area contributed by atoms with Gasteiger partial charge in [-0.1, -0.05) is 6.92 Å². The Morgan fingerprint density at radius 1 is 1.37 bits per heavy atom. The van der Waals surface area contributed by atoms with E-state index in [0.29, 0.717) is 16.2 Å². The van der Waals surface area contributed by atoms with E-state index in [2.05, 4.69) is 0 Å². The molecular weight excluding hydrogens is 265 g/mol. The Kier molecular flexibility index (Phi) is 4.03. The van der Waals surface area contributed by atoms with Crippen molar-refractivity contribution in [3.63, 3.8) is 0 Å². The quantitative estimate of drug-likeness (QED) is 0.805. The first kappa shape index (κ1) is 13.4. The second kappa shape index (κ2) is 5.72. The van der Waals surface area contributed by atoms with Gasteiger partial charge in [-0.05, 0) is 36.1 Å². The highest BCUT2D eigenvalue weighted by molar-refractivity contribution is 7.99. The van der Waals surface area contributed by atoms with Gasteiger partial charge >= 0.3 is 5.63 Å². The summed E-state index contributed by atoms with van der Waals surface area (Å²) >= 11 is 1.40. The fourth-order valence-electron chi connectivity index (χ4n) is 1.60. The third kappa shape index (κ3) is 2.85. The molecule has 2 rings (SSSR count). The fourth-order valence-corrected chi connectivity index (χ4v) is 2.37. The maximum atomic E-state index is 12.9. The van der Waals surface area contributed by atoms with Gasteiger partial charge in [-0.2, -0.15) is 5.26 Å². The Hall–Kier alpha value is -2.06. The monoisotopic (exact) mass is 275 g/mol. The van der Waals surface area contributed by atoms with Crippen LogP contribution in [-0.2, 0) is 0 Å². The first-order valence-electron chi connectivity index (χ1n) is 5.62. The van der Waals surface area contributed by atoms with Crippen molar-refractivity contribution < 1.29 is 8.81 Å². The summed E-state index contributed by atoms with van der Waals surface area (Å²) in [5, 5.41) is 8.95. The minimum absolute atomic E-state index is 0.0118. The number of thioether (sulfide) groups is 1. The molecule has 0 saturated heterocycles. The van der Waals surface area contributed by atoms with Crippen LogP contribution in [0.5, 0.6) is 0 Å². The van der Waals surface area contributed by atoms with E-state index in [-0.39, 0.29) is 11.4 Å². The molecule has 0 aliphatic heterocycles. The average molecular weight is 275 g/mol. The van der Waals surface area contributed by atoms with Crippen LogP contribution in [0.2, 0.25) is 0 Å². The van der Waals surface area contributed by atoms with Gasteiger partial charge in [0.2, 0.25) is 0 Å². The number of halogens is 1. The van der Waals surface area contributed by atoms with Crippen LogP contribution in [0.25, 0.3) is 11.3 Å². The van der Waals surface area contributed by atoms with Gasteiger partial charge in [0.05, 0.1) is 0 Å². The maximum Gasteiger partial charge on any atom is 0.355 e. The molecule has 1 aromatic heterocycles. The fraction of sp³-hybridized carbons (Fsp3) is 0.143. The van der Waals surface area contributed by atoms with E-state index in [1.807, 2.05) is 13.0 Å². The van der Waals surface area contributed by atoms with E-state index in [9.17, 15) is 9.18 Å². The number of nitriles is 1. The number of benzene rings is 1. The molecule has 0 aliphatic carbocycles. The minimum Gasteiger partial charge on any atom is -0.422 e. The largest absolute Gasteiger partial charge is 0.422 e. The molecule has 19 heavy (non-hydrogen) atoms. The van der Waals surface area contributed by atoms with Crippen LogP contribution in [-0.4, -0.2) is 5.75 Å². The Bertz CT molecular complexity index is 686. The van der Waals surface area contributed by atoms with Crippen molar-refractivity contribution in [2.75, 3.05) is 5.75 Å². The number of hydrogen-bond donors (Lipinski definition) is 0. The molecule has 2 aromatic rings. The van der Waals surface area contributed by atoms with Gasteiger partial charge < -0.3 is 4.42 Å². The summed E-state index contributed by atoms with van der Waals surface area (Å²) in [6, 6.07) is 9.13. The molecule has 0 fully saturated rings. The van der Waals surface area contributed by atoms with Crippen LogP contribution >= 0.6 is 11.8 Å². The summed E-state index contributed by atoms with van der Waals surface area (Å²) in [6.07, 6.45) is 0. The van der Waals surface area contributed by atoms with Crippen LogP contribution in [0, 0.1) is 17.1 Å². The van der Waals surface area contributed by atoms with E-state index in [4.69, 9.17) is 9.68 Å². The predicted molar refractivity (Wildman–Crippen MR) is 71.5 cm³/mol. The zero-order valence-electron chi connectivity index (χ0n) is 10.1. The van der Waals surface area contributed by atoms with Gasteiger partial charge in [0.15, 0.2) is 5.56 Å². The second-order valence-corrected chi connectivity index (χ2v) is 4.99. The highest BCUT2D eigenvalue weighted by atomic mass is 32.2. The average Bonchev–Trinajstić information content (AvgIpc) is 2.39. The lowest BCUT2D eigenvalue weighted by Gasteiger charge is -2.04. The Morgan fingerprint density at radius 3 is 2.63 bits per heavy atom. The zero-order chi connectivity index (χ0) is 13.8. The van der Waals surface area contributed by atoms with Crippen molar-refractivity contribution in [3.05, 3.63) is 52.1 Å². The first-order chi connectivity index (χ1) is 9.15. The molecule has 1 heterocycles. The molecule has 0 radical (unpaired) electrons. The lowest BCUT2D eigenvalue weighted by atomic mass is 10.1. The van der Waals surface area contributed by atoms with Crippen molar-refractivity contribution in [1.82, 2.24) is 0 Å². The molecular formula is C14H10FNO2S. The smallest absolute Gasteiger partial charge is 0.355 e. The summed E-state index contributed by atoms with van der Waals surface area (Å²) in [5.74, 6) is 0.712. The topological polar surface area (TPSA) is 54.0 Å². The van der Waals surface area contributed by atoms with Gasteiger partial charge in [-0.3, -0.25) is 0 Å². The lowest BCUT2D eigenvalue weighted by Crippen LogP contribution is -2.06. The minimum atomic E-state index is -0.666. The molecule has 0 saturated carbocycles. The molecule has 0 aliphatic rings. The molecule has 0 amide bonds. The van der Waals surface area contributed by atoms with E-state index >= 15 is 0 Å². The van der Waals surface area contributed by atoms with E-state index < -0.39 is 5.63 Å². The summed E-state index contributed by atoms with van der Waals surface area (Å²) in [7, 11) is 0. The molecule has 1 aromatic carbocycles. The highest BCUT2D eigenvalue weighted by Crippen LogP contribution is 2.26. The summed E-state index contributed by atoms with van der Waals surface area (Å²) in [4.78, 5) is 12.3. The van der Waals surface area contributed by atoms with Gasteiger partial charge in [-0.15, -0.1) is 11.8 Å². The Morgan fingerprint density at radius 2 is 2.05 bits per heavy atom. The van der Waals surface area contributed by atoms with Crippen molar-refractivity contribution in [1.29, 1.82) is 5.26 Å². The van der Waals surface area contributed by atoms with Crippen LogP contribution in [0.3, 0.4) is 0 Å². The predicted octanol–water partition coefficient (Wildman–Crippen LogP) is 3.43. The van der Waals surface area contributed by atoms with E-state index in [1.165, 1.54) is 36.0 Å². The SMILES string of the molecule is CCSc1cc(-c2ccc(F)cc2)oc(=O)c1C#N. The highest BCUT2D eigenvalue weighted by Gasteiger charge is 2.12. The van der Waals surface area contributed by atoms with Gasteiger partial charge in [0, 0.05) is 10.5 Å². The zero-order valence-corrected chi connectivity index (χ0v) is 11.0. The first-order valence-corrected chi connectivity index (χ1v) is 6.61. The normalized spacial score (nSPS) is 10.2. The standard InChI is InChI=1S/C14H10FNO2S/c1-2-19-13-7-12(18-14(17)11(13)8-16)9-3-5-10(15)6-4-9/h3-7H,2H2,1H3. The Balaban J connectivity index is 2.57. The molecule has 0 atom stereocenters. The summed E-state index contributed by atoms with van der Waals surface area (Å²) in [5.41, 5.74) is -0.0565. The third-order valence-corrected chi connectivity index (χ3v) is 3.38. The van der Waals surface area contributed by atoms with Crippen LogP contribution in [0.4, 0.5) is 4.39 Å². The van der Waals surface area contributed by atoms with Gasteiger partial charge in [-0.25, -0.2) is 9.18 Å². The molecule has 96 valence electrons. The van der Waals surface area contributed by atoms with Crippen LogP contribution < -0.4 is 5.63 Å². The van der Waals surface area contributed by atoms with Crippen molar-refractivity contribution in [2.45, 2.75) is 11.8 Å². The van der Waals surface area contributed by atoms with Crippen molar-refractivity contribution in [2.24, 2.45) is 0 Å². The van der Waals surface area contributed by atoms with E-state index in [1.54, 1.807) is 6.07 Å². The summed E-state index contributed by atoms with van der Waals surface area (Å²) in [6.45, 7) is 1.93. The number of rotatable bonds is 3. The van der Waals surface area contributed by atoms with E-state index in [0.717, 1.165) is 5.75 Å². The van der Waals surface area contributed by atoms with Crippen molar-refractivity contribution >= 4 is 11.8 Å². The summed E-state index contributed by atoms with van der Waals surface area (Å²) < 4.78 is 18.0. The van der Waals surface area contributed by atoms with Crippen LogP contribution in [0.15, 0.2) is 44.4 Å². The number of hydrogen-bond acceptors (Lipinski definition) is 4. The molecule has 0 N–H and O–H groups in total. The lowest BCUT2D eigenvalue weighted by molar-refractivity contribution is 0.518. The molecule has 5 heteroatoms. The molecule has 0 unspecified atom stereocenters. The molecule has 0 spiro atoms. The van der Waals surface area contributed by atoms with Crippen LogP contribution in [0.1, 0.15) is 12.5 Å².